The van der Waals surface area contributed by atoms with E-state index in [4.69, 9.17) is 39.5 Å². The van der Waals surface area contributed by atoms with Gasteiger partial charge in [-0.05, 0) is 26.0 Å². The molecule has 0 spiro atoms. The normalized spacial score (nSPS) is 22.1. The first-order valence-electron chi connectivity index (χ1n) is 6.25. The summed E-state index contributed by atoms with van der Waals surface area (Å²) in [5.41, 5.74) is 1.14. The number of nitrogens with one attached hydrogen (secondary N) is 1. The molecule has 20 heavy (non-hydrogen) atoms. The Morgan fingerprint density at radius 3 is 2.80 bits per heavy atom. The van der Waals surface area contributed by atoms with Gasteiger partial charge < -0.3 is 10.1 Å². The number of halogens is 3. The Bertz CT molecular complexity index is 525. The van der Waals surface area contributed by atoms with E-state index in [0.717, 1.165) is 11.3 Å². The van der Waals surface area contributed by atoms with Gasteiger partial charge >= 0.3 is 5.97 Å². The molecule has 1 heterocycles. The molecule has 0 amide bonds. The van der Waals surface area contributed by atoms with Gasteiger partial charge in [0.2, 0.25) is 0 Å². The lowest BCUT2D eigenvalue weighted by molar-refractivity contribution is -0.145. The van der Waals surface area contributed by atoms with Crippen LogP contribution in [0.2, 0.25) is 10.0 Å². The number of esters is 1. The van der Waals surface area contributed by atoms with Crippen LogP contribution >= 0.6 is 34.8 Å². The van der Waals surface area contributed by atoms with Gasteiger partial charge in [-0.3, -0.25) is 9.69 Å². The Hall–Kier alpha value is -0.680. The SMILES string of the molecule is CCOC(=O)CN1C(Cl)Nc2ccc(Cl)c(Cl)c2C1C. The van der Waals surface area contributed by atoms with Crippen LogP contribution in [0.5, 0.6) is 0 Å². The van der Waals surface area contributed by atoms with E-state index in [1.165, 1.54) is 0 Å². The number of hydrogen-bond donors (Lipinski definition) is 1. The monoisotopic (exact) mass is 336 g/mol. The Morgan fingerprint density at radius 2 is 2.15 bits per heavy atom. The number of carbonyl (C=O) groups excluding carboxylic acids is 1. The molecule has 2 unspecified atom stereocenters. The van der Waals surface area contributed by atoms with Crippen molar-refractivity contribution in [1.29, 1.82) is 0 Å². The second-order valence-electron chi connectivity index (χ2n) is 4.46. The van der Waals surface area contributed by atoms with E-state index in [-0.39, 0.29) is 18.6 Å². The second-order valence-corrected chi connectivity index (χ2v) is 5.65. The summed E-state index contributed by atoms with van der Waals surface area (Å²) in [5, 5.41) is 4.05. The third-order valence-electron chi connectivity index (χ3n) is 3.23. The standard InChI is InChI=1S/C13H15Cl3N2O2/c1-3-20-10(19)6-18-7(2)11-9(17-13(18)16)5-4-8(14)12(11)15/h4-5,7,13,17H,3,6H2,1-2H3. The Morgan fingerprint density at radius 1 is 1.45 bits per heavy atom. The van der Waals surface area contributed by atoms with Crippen LogP contribution in [0.15, 0.2) is 12.1 Å². The highest BCUT2D eigenvalue weighted by Crippen LogP contribution is 2.42. The molecular formula is C13H15Cl3N2O2. The third-order valence-corrected chi connectivity index (χ3v) is 4.41. The number of rotatable bonds is 3. The highest BCUT2D eigenvalue weighted by Gasteiger charge is 2.33. The van der Waals surface area contributed by atoms with E-state index in [1.54, 1.807) is 17.9 Å². The number of fused-ring (bicyclic) bond motifs is 1. The minimum atomic E-state index is -0.515. The summed E-state index contributed by atoms with van der Waals surface area (Å²) in [7, 11) is 0. The number of ether oxygens (including phenoxy) is 1. The molecule has 110 valence electrons. The number of carbonyl (C=O) groups is 1. The minimum absolute atomic E-state index is 0.0818. The summed E-state index contributed by atoms with van der Waals surface area (Å²) in [6.45, 7) is 4.11. The first-order valence-corrected chi connectivity index (χ1v) is 7.44. The predicted molar refractivity (Wildman–Crippen MR) is 81.5 cm³/mol. The van der Waals surface area contributed by atoms with E-state index in [9.17, 15) is 4.79 Å². The second kappa shape index (κ2) is 6.39. The van der Waals surface area contributed by atoms with Crippen LogP contribution in [0, 0.1) is 0 Å². The molecule has 0 saturated heterocycles. The van der Waals surface area contributed by atoms with Crippen molar-refractivity contribution in [2.24, 2.45) is 0 Å². The summed E-state index contributed by atoms with van der Waals surface area (Å²) in [6, 6.07) is 3.40. The molecule has 7 heteroatoms. The van der Waals surface area contributed by atoms with Crippen LogP contribution < -0.4 is 5.32 Å². The molecule has 2 atom stereocenters. The lowest BCUT2D eigenvalue weighted by atomic mass is 10.0. The molecule has 1 N–H and O–H groups in total. The average molecular weight is 338 g/mol. The Labute approximate surface area is 132 Å². The molecule has 0 bridgehead atoms. The number of benzene rings is 1. The molecule has 1 aromatic carbocycles. The van der Waals surface area contributed by atoms with E-state index < -0.39 is 5.62 Å². The molecular weight excluding hydrogens is 323 g/mol. The van der Waals surface area contributed by atoms with Crippen molar-refractivity contribution < 1.29 is 9.53 Å². The quantitative estimate of drug-likeness (QED) is 0.516. The zero-order valence-corrected chi connectivity index (χ0v) is 13.4. The fourth-order valence-electron chi connectivity index (χ4n) is 2.25. The largest absolute Gasteiger partial charge is 0.465 e. The zero-order valence-electron chi connectivity index (χ0n) is 11.1. The van der Waals surface area contributed by atoms with Gasteiger partial charge in [0.1, 0.15) is 6.54 Å². The van der Waals surface area contributed by atoms with E-state index in [2.05, 4.69) is 5.32 Å². The summed E-state index contributed by atoms with van der Waals surface area (Å²) in [6.07, 6.45) is 0. The van der Waals surface area contributed by atoms with Crippen molar-refractivity contribution in [3.63, 3.8) is 0 Å². The maximum absolute atomic E-state index is 11.7. The summed E-state index contributed by atoms with van der Waals surface area (Å²) < 4.78 is 4.96. The van der Waals surface area contributed by atoms with Crippen LogP contribution in [0.1, 0.15) is 25.5 Å². The topological polar surface area (TPSA) is 41.6 Å². The van der Waals surface area contributed by atoms with Crippen molar-refractivity contribution in [1.82, 2.24) is 4.90 Å². The van der Waals surface area contributed by atoms with Crippen LogP contribution in [-0.2, 0) is 9.53 Å². The maximum atomic E-state index is 11.7. The molecule has 0 radical (unpaired) electrons. The van der Waals surface area contributed by atoms with Crippen LogP contribution in [0.3, 0.4) is 0 Å². The highest BCUT2D eigenvalue weighted by molar-refractivity contribution is 6.42. The van der Waals surface area contributed by atoms with Crippen molar-refractivity contribution >= 4 is 46.5 Å². The van der Waals surface area contributed by atoms with Crippen LogP contribution in [0.25, 0.3) is 0 Å². The molecule has 0 aliphatic carbocycles. The molecule has 4 nitrogen and oxygen atoms in total. The number of alkyl halides is 1. The minimum Gasteiger partial charge on any atom is -0.465 e. The highest BCUT2D eigenvalue weighted by atomic mass is 35.5. The smallest absolute Gasteiger partial charge is 0.320 e. The molecule has 0 saturated carbocycles. The number of anilines is 1. The zero-order chi connectivity index (χ0) is 14.9. The summed E-state index contributed by atoms with van der Waals surface area (Å²) in [5.74, 6) is -0.326. The molecule has 0 fully saturated rings. The lowest BCUT2D eigenvalue weighted by Gasteiger charge is -2.39. The van der Waals surface area contributed by atoms with Crippen molar-refractivity contribution in [2.45, 2.75) is 25.5 Å². The van der Waals surface area contributed by atoms with Gasteiger partial charge in [0.15, 0.2) is 5.62 Å². The van der Waals surface area contributed by atoms with Gasteiger partial charge in [-0.1, -0.05) is 34.8 Å². The first-order chi connectivity index (χ1) is 9.45. The first kappa shape index (κ1) is 15.7. The van der Waals surface area contributed by atoms with Gasteiger partial charge in [0.25, 0.3) is 0 Å². The van der Waals surface area contributed by atoms with Gasteiger partial charge in [-0.25, -0.2) is 0 Å². The fraction of sp³-hybridized carbons (Fsp3) is 0.462. The van der Waals surface area contributed by atoms with Gasteiger partial charge in [-0.15, -0.1) is 0 Å². The van der Waals surface area contributed by atoms with Gasteiger partial charge in [0.05, 0.1) is 16.7 Å². The molecule has 1 aliphatic heterocycles. The Kier molecular flexibility index (Phi) is 5.02. The van der Waals surface area contributed by atoms with Crippen molar-refractivity contribution in [2.75, 3.05) is 18.5 Å². The fourth-order valence-corrected chi connectivity index (χ4v) is 3.09. The predicted octanol–water partition coefficient (Wildman–Crippen LogP) is 3.87. The summed E-state index contributed by atoms with van der Waals surface area (Å²) in [4.78, 5) is 13.4. The van der Waals surface area contributed by atoms with E-state index >= 15 is 0 Å². The number of hydrogen-bond acceptors (Lipinski definition) is 4. The molecule has 1 aliphatic rings. The maximum Gasteiger partial charge on any atom is 0.320 e. The van der Waals surface area contributed by atoms with Crippen molar-refractivity contribution in [3.05, 3.63) is 27.7 Å². The lowest BCUT2D eigenvalue weighted by Crippen LogP contribution is -2.45. The van der Waals surface area contributed by atoms with E-state index in [1.807, 2.05) is 13.0 Å². The van der Waals surface area contributed by atoms with E-state index in [0.29, 0.717) is 16.7 Å². The summed E-state index contributed by atoms with van der Waals surface area (Å²) >= 11 is 18.6. The van der Waals surface area contributed by atoms with Crippen LogP contribution in [0.4, 0.5) is 5.69 Å². The van der Waals surface area contributed by atoms with Crippen molar-refractivity contribution in [3.8, 4) is 0 Å². The third kappa shape index (κ3) is 2.98. The van der Waals surface area contributed by atoms with Gasteiger partial charge in [-0.2, -0.15) is 0 Å². The molecule has 2 rings (SSSR count). The molecule has 1 aromatic rings. The Balaban J connectivity index is 2.30. The molecule has 0 aromatic heterocycles. The number of nitrogens with zero attached hydrogens (tertiary/aromatic N) is 1. The average Bonchev–Trinajstić information content (AvgIpc) is 2.39. The van der Waals surface area contributed by atoms with Crippen LogP contribution in [-0.4, -0.2) is 29.6 Å². The van der Waals surface area contributed by atoms with Gasteiger partial charge in [0, 0.05) is 17.3 Å².